The molecule has 1 aliphatic carbocycles. The van der Waals surface area contributed by atoms with Crippen LogP contribution in [-0.2, 0) is 12.8 Å². The van der Waals surface area contributed by atoms with E-state index in [1.54, 1.807) is 7.11 Å². The van der Waals surface area contributed by atoms with Crippen molar-refractivity contribution < 1.29 is 4.74 Å². The van der Waals surface area contributed by atoms with Crippen LogP contribution in [0.5, 0.6) is 5.75 Å². The predicted molar refractivity (Wildman–Crippen MR) is 93.5 cm³/mol. The van der Waals surface area contributed by atoms with Gasteiger partial charge in [-0.1, -0.05) is 24.6 Å². The number of anilines is 1. The van der Waals surface area contributed by atoms with Gasteiger partial charge in [0.1, 0.15) is 17.9 Å². The molecule has 0 saturated carbocycles. The first-order valence-corrected chi connectivity index (χ1v) is 8.13. The molecule has 0 aliphatic heterocycles. The van der Waals surface area contributed by atoms with Gasteiger partial charge >= 0.3 is 0 Å². The molecule has 0 amide bonds. The summed E-state index contributed by atoms with van der Waals surface area (Å²) in [5.41, 5.74) is 11.2. The maximum Gasteiger partial charge on any atom is 0.126 e. The van der Waals surface area contributed by atoms with Gasteiger partial charge in [0.15, 0.2) is 0 Å². The number of hydrogen-bond donors (Lipinski definition) is 1. The van der Waals surface area contributed by atoms with Crippen molar-refractivity contribution in [3.8, 4) is 29.0 Å². The number of ether oxygens (including phenoxy) is 1. The lowest BCUT2D eigenvalue weighted by Gasteiger charge is -2.20. The monoisotopic (exact) mass is 317 g/mol. The highest BCUT2D eigenvalue weighted by Gasteiger charge is 2.25. The Balaban J connectivity index is 2.43. The molecular weight excluding hydrogens is 298 g/mol. The zero-order valence-corrected chi connectivity index (χ0v) is 13.7. The maximum absolute atomic E-state index is 9.74. The van der Waals surface area contributed by atoms with E-state index in [9.17, 15) is 10.5 Å². The number of fused-ring (bicyclic) bond motifs is 1. The summed E-state index contributed by atoms with van der Waals surface area (Å²) in [5.74, 6) is 0.713. The number of nitrogen functional groups attached to an aromatic ring is 1. The van der Waals surface area contributed by atoms with Crippen LogP contribution in [0.15, 0.2) is 24.3 Å². The van der Waals surface area contributed by atoms with E-state index in [2.05, 4.69) is 12.1 Å². The standard InChI is InChI=1S/C20H19N3O/c1-24-18-10-6-5-9-15(18)19-14-8-4-2-3-7-13(14)16(11-21)20(23)17(19)12-22/h5-6,9-10H,2-4,7-8,23H2,1H3. The van der Waals surface area contributed by atoms with E-state index in [0.29, 0.717) is 22.6 Å². The van der Waals surface area contributed by atoms with Crippen molar-refractivity contribution in [1.82, 2.24) is 0 Å². The number of hydrogen-bond acceptors (Lipinski definition) is 4. The van der Waals surface area contributed by atoms with Crippen molar-refractivity contribution in [3.63, 3.8) is 0 Å². The summed E-state index contributed by atoms with van der Waals surface area (Å²) in [6.07, 6.45) is 4.89. The second-order valence-corrected chi connectivity index (χ2v) is 5.98. The third-order valence-corrected chi connectivity index (χ3v) is 4.71. The van der Waals surface area contributed by atoms with E-state index in [4.69, 9.17) is 10.5 Å². The van der Waals surface area contributed by atoms with Crippen molar-refractivity contribution in [2.75, 3.05) is 12.8 Å². The van der Waals surface area contributed by atoms with E-state index in [1.165, 1.54) is 0 Å². The summed E-state index contributed by atoms with van der Waals surface area (Å²) < 4.78 is 5.50. The van der Waals surface area contributed by atoms with Gasteiger partial charge in [-0.3, -0.25) is 0 Å². The van der Waals surface area contributed by atoms with Crippen LogP contribution in [0.1, 0.15) is 41.5 Å². The fourth-order valence-electron chi connectivity index (χ4n) is 3.60. The number of benzene rings is 2. The van der Waals surface area contributed by atoms with Crippen LogP contribution in [0.25, 0.3) is 11.1 Å². The van der Waals surface area contributed by atoms with E-state index in [-0.39, 0.29) is 0 Å². The summed E-state index contributed by atoms with van der Waals surface area (Å²) >= 11 is 0. The van der Waals surface area contributed by atoms with Crippen LogP contribution >= 0.6 is 0 Å². The van der Waals surface area contributed by atoms with Crippen molar-refractivity contribution in [3.05, 3.63) is 46.5 Å². The van der Waals surface area contributed by atoms with Crippen LogP contribution in [0.3, 0.4) is 0 Å². The van der Waals surface area contributed by atoms with E-state index < -0.39 is 0 Å². The Morgan fingerprint density at radius 2 is 1.62 bits per heavy atom. The first-order valence-electron chi connectivity index (χ1n) is 8.13. The minimum absolute atomic E-state index is 0.293. The molecule has 0 saturated heterocycles. The van der Waals surface area contributed by atoms with E-state index in [0.717, 1.165) is 54.4 Å². The van der Waals surface area contributed by atoms with Gasteiger partial charge < -0.3 is 10.5 Å². The molecule has 1 aliphatic rings. The van der Waals surface area contributed by atoms with Gasteiger partial charge in [-0.05, 0) is 42.9 Å². The average Bonchev–Trinajstić information content (AvgIpc) is 2.86. The smallest absolute Gasteiger partial charge is 0.126 e. The third kappa shape index (κ3) is 2.47. The number of para-hydroxylation sites is 1. The zero-order valence-electron chi connectivity index (χ0n) is 13.7. The summed E-state index contributed by atoms with van der Waals surface area (Å²) in [6.45, 7) is 0. The minimum atomic E-state index is 0.293. The largest absolute Gasteiger partial charge is 0.496 e. The van der Waals surface area contributed by atoms with Gasteiger partial charge in [-0.15, -0.1) is 0 Å². The predicted octanol–water partition coefficient (Wildman–Crippen LogP) is 3.96. The van der Waals surface area contributed by atoms with Gasteiger partial charge in [-0.25, -0.2) is 0 Å². The van der Waals surface area contributed by atoms with Crippen molar-refractivity contribution in [2.24, 2.45) is 0 Å². The van der Waals surface area contributed by atoms with Crippen molar-refractivity contribution in [1.29, 1.82) is 10.5 Å². The second-order valence-electron chi connectivity index (χ2n) is 5.98. The Bertz CT molecular complexity index is 872. The maximum atomic E-state index is 9.74. The summed E-state index contributed by atoms with van der Waals surface area (Å²) in [5, 5.41) is 19.3. The van der Waals surface area contributed by atoms with Crippen LogP contribution in [0.2, 0.25) is 0 Å². The lowest BCUT2D eigenvalue weighted by Crippen LogP contribution is -2.08. The fourth-order valence-corrected chi connectivity index (χ4v) is 3.60. The lowest BCUT2D eigenvalue weighted by molar-refractivity contribution is 0.416. The summed E-state index contributed by atoms with van der Waals surface area (Å²) in [4.78, 5) is 0. The highest BCUT2D eigenvalue weighted by Crippen LogP contribution is 2.42. The first-order chi connectivity index (χ1) is 11.7. The van der Waals surface area contributed by atoms with Crippen molar-refractivity contribution >= 4 is 5.69 Å². The molecule has 4 heteroatoms. The van der Waals surface area contributed by atoms with E-state index >= 15 is 0 Å². The summed E-state index contributed by atoms with van der Waals surface area (Å²) in [7, 11) is 1.62. The first kappa shape index (κ1) is 15.9. The molecule has 0 unspecified atom stereocenters. The number of nitrogens with two attached hydrogens (primary N) is 1. The molecule has 120 valence electrons. The van der Waals surface area contributed by atoms with Crippen LogP contribution in [0, 0.1) is 22.7 Å². The van der Waals surface area contributed by atoms with Gasteiger partial charge in [0.2, 0.25) is 0 Å². The normalized spacial score (nSPS) is 13.3. The van der Waals surface area contributed by atoms with Gasteiger partial charge in [0, 0.05) is 11.1 Å². The highest BCUT2D eigenvalue weighted by molar-refractivity contribution is 5.87. The molecule has 0 bridgehead atoms. The Morgan fingerprint density at radius 1 is 0.958 bits per heavy atom. The molecule has 4 nitrogen and oxygen atoms in total. The molecule has 0 radical (unpaired) electrons. The van der Waals surface area contributed by atoms with Gasteiger partial charge in [0.25, 0.3) is 0 Å². The number of rotatable bonds is 2. The molecule has 24 heavy (non-hydrogen) atoms. The molecular formula is C20H19N3O. The molecule has 0 aromatic heterocycles. The van der Waals surface area contributed by atoms with Crippen LogP contribution in [0.4, 0.5) is 5.69 Å². The fraction of sp³-hybridized carbons (Fsp3) is 0.300. The van der Waals surface area contributed by atoms with Gasteiger partial charge in [0.05, 0.1) is 23.9 Å². The Morgan fingerprint density at radius 3 is 2.29 bits per heavy atom. The molecule has 0 heterocycles. The SMILES string of the molecule is COc1ccccc1-c1c(C#N)c(N)c(C#N)c2c1CCCCC2. The average molecular weight is 317 g/mol. The summed E-state index contributed by atoms with van der Waals surface area (Å²) in [6, 6.07) is 12.1. The Kier molecular flexibility index (Phi) is 4.40. The second kappa shape index (κ2) is 6.64. The molecule has 0 atom stereocenters. The highest BCUT2D eigenvalue weighted by atomic mass is 16.5. The van der Waals surface area contributed by atoms with Crippen LogP contribution < -0.4 is 10.5 Å². The quantitative estimate of drug-likeness (QED) is 0.671. The molecule has 2 N–H and O–H groups in total. The molecule has 0 fully saturated rings. The molecule has 0 spiro atoms. The number of nitrogens with zero attached hydrogens (tertiary/aromatic N) is 2. The molecule has 2 aromatic rings. The van der Waals surface area contributed by atoms with Gasteiger partial charge in [-0.2, -0.15) is 10.5 Å². The zero-order chi connectivity index (χ0) is 17.1. The number of methoxy groups -OCH3 is 1. The van der Waals surface area contributed by atoms with Crippen molar-refractivity contribution in [2.45, 2.75) is 32.1 Å². The van der Waals surface area contributed by atoms with E-state index in [1.807, 2.05) is 24.3 Å². The lowest BCUT2D eigenvalue weighted by atomic mass is 9.84. The minimum Gasteiger partial charge on any atom is -0.496 e. The third-order valence-electron chi connectivity index (χ3n) is 4.71. The molecule has 2 aromatic carbocycles. The topological polar surface area (TPSA) is 82.8 Å². The Labute approximate surface area is 142 Å². The van der Waals surface area contributed by atoms with Crippen LogP contribution in [-0.4, -0.2) is 7.11 Å². The number of nitriles is 2. The Hall–Kier alpha value is -2.98. The molecule has 3 rings (SSSR count).